The van der Waals surface area contributed by atoms with Gasteiger partial charge in [-0.25, -0.2) is 0 Å². The lowest BCUT2D eigenvalue weighted by molar-refractivity contribution is 0.896. The molecule has 0 atom stereocenters. The lowest BCUT2D eigenvalue weighted by Gasteiger charge is -2.20. The van der Waals surface area contributed by atoms with Gasteiger partial charge in [0.1, 0.15) is 0 Å². The molecule has 0 amide bonds. The number of anilines is 1. The van der Waals surface area contributed by atoms with Crippen molar-refractivity contribution in [3.05, 3.63) is 61.3 Å². The molecule has 2 heteroatoms. The van der Waals surface area contributed by atoms with Crippen LogP contribution >= 0.6 is 11.8 Å². The van der Waals surface area contributed by atoms with E-state index in [-0.39, 0.29) is 0 Å². The quantitative estimate of drug-likeness (QED) is 0.360. The van der Waals surface area contributed by atoms with Crippen molar-refractivity contribution >= 4 is 17.4 Å². The normalized spacial score (nSPS) is 11.2. The van der Waals surface area contributed by atoms with Crippen LogP contribution in [0, 0.1) is 0 Å². The fourth-order valence-electron chi connectivity index (χ4n) is 1.69. The first kappa shape index (κ1) is 15.6. The molecule has 0 heterocycles. The Balaban J connectivity index is 2.72. The SMILES string of the molecule is C=C/C=C(\C=C)N(C)c1ccc(SCCCC)cc1. The van der Waals surface area contributed by atoms with Gasteiger partial charge in [0.15, 0.2) is 0 Å². The number of nitrogens with zero attached hydrogens (tertiary/aromatic N) is 1. The van der Waals surface area contributed by atoms with Crippen LogP contribution in [0.4, 0.5) is 5.69 Å². The summed E-state index contributed by atoms with van der Waals surface area (Å²) >= 11 is 1.92. The summed E-state index contributed by atoms with van der Waals surface area (Å²) in [5.74, 6) is 1.19. The molecule has 0 saturated heterocycles. The highest BCUT2D eigenvalue weighted by atomic mass is 32.2. The molecule has 0 saturated carbocycles. The Morgan fingerprint density at radius 3 is 2.47 bits per heavy atom. The highest BCUT2D eigenvalue weighted by molar-refractivity contribution is 7.99. The summed E-state index contributed by atoms with van der Waals surface area (Å²) in [4.78, 5) is 3.44. The van der Waals surface area contributed by atoms with E-state index >= 15 is 0 Å². The van der Waals surface area contributed by atoms with Crippen molar-refractivity contribution in [2.75, 3.05) is 17.7 Å². The van der Waals surface area contributed by atoms with Crippen LogP contribution in [-0.2, 0) is 0 Å². The number of hydrogen-bond acceptors (Lipinski definition) is 2. The summed E-state index contributed by atoms with van der Waals surface area (Å²) in [6.07, 6.45) is 8.10. The Morgan fingerprint density at radius 2 is 1.95 bits per heavy atom. The first-order valence-electron chi connectivity index (χ1n) is 6.64. The predicted molar refractivity (Wildman–Crippen MR) is 89.0 cm³/mol. The average Bonchev–Trinajstić information content (AvgIpc) is 2.45. The maximum Gasteiger partial charge on any atom is 0.0408 e. The highest BCUT2D eigenvalue weighted by Crippen LogP contribution is 2.24. The Labute approximate surface area is 121 Å². The van der Waals surface area contributed by atoms with Gasteiger partial charge in [0, 0.05) is 23.3 Å². The van der Waals surface area contributed by atoms with Crippen molar-refractivity contribution in [3.63, 3.8) is 0 Å². The van der Waals surface area contributed by atoms with E-state index in [1.165, 1.54) is 23.5 Å². The van der Waals surface area contributed by atoms with E-state index in [9.17, 15) is 0 Å². The molecular weight excluding hydrogens is 250 g/mol. The van der Waals surface area contributed by atoms with Gasteiger partial charge in [-0.3, -0.25) is 0 Å². The van der Waals surface area contributed by atoms with E-state index in [0.717, 1.165) is 11.4 Å². The fraction of sp³-hybridized carbons (Fsp3) is 0.294. The summed E-state index contributed by atoms with van der Waals surface area (Å²) in [5, 5.41) is 0. The summed E-state index contributed by atoms with van der Waals surface area (Å²) < 4.78 is 0. The summed E-state index contributed by atoms with van der Waals surface area (Å²) in [5.41, 5.74) is 2.20. The zero-order chi connectivity index (χ0) is 14.1. The second-order valence-electron chi connectivity index (χ2n) is 4.29. The fourth-order valence-corrected chi connectivity index (χ4v) is 2.68. The van der Waals surface area contributed by atoms with Gasteiger partial charge in [0.2, 0.25) is 0 Å². The first-order valence-corrected chi connectivity index (χ1v) is 7.63. The maximum atomic E-state index is 3.83. The van der Waals surface area contributed by atoms with Crippen LogP contribution < -0.4 is 4.90 Å². The van der Waals surface area contributed by atoms with Crippen LogP contribution in [0.5, 0.6) is 0 Å². The van der Waals surface area contributed by atoms with Crippen LogP contribution in [0.25, 0.3) is 0 Å². The third-order valence-electron chi connectivity index (χ3n) is 2.88. The summed E-state index contributed by atoms with van der Waals surface area (Å²) in [6, 6.07) is 8.66. The molecule has 0 radical (unpaired) electrons. The second kappa shape index (κ2) is 8.65. The molecule has 1 nitrogen and oxygen atoms in total. The van der Waals surface area contributed by atoms with Crippen molar-refractivity contribution in [1.82, 2.24) is 0 Å². The van der Waals surface area contributed by atoms with Crippen LogP contribution in [0.15, 0.2) is 66.2 Å². The van der Waals surface area contributed by atoms with Gasteiger partial charge >= 0.3 is 0 Å². The minimum atomic E-state index is 1.04. The molecule has 0 aliphatic rings. The number of hydrogen-bond donors (Lipinski definition) is 0. The molecule has 1 rings (SSSR count). The molecule has 0 aliphatic carbocycles. The molecule has 1 aromatic rings. The minimum Gasteiger partial charge on any atom is -0.345 e. The molecule has 0 unspecified atom stereocenters. The topological polar surface area (TPSA) is 3.24 Å². The maximum absolute atomic E-state index is 3.83. The Kier molecular flexibility index (Phi) is 7.12. The van der Waals surface area contributed by atoms with Crippen molar-refractivity contribution in [3.8, 4) is 0 Å². The van der Waals surface area contributed by atoms with E-state index < -0.39 is 0 Å². The van der Waals surface area contributed by atoms with Gasteiger partial charge < -0.3 is 4.90 Å². The Hall–Kier alpha value is -1.41. The first-order chi connectivity index (χ1) is 9.22. The molecule has 0 N–H and O–H groups in total. The van der Waals surface area contributed by atoms with Gasteiger partial charge in [0.25, 0.3) is 0 Å². The number of thioether (sulfide) groups is 1. The number of benzene rings is 1. The van der Waals surface area contributed by atoms with E-state index in [2.05, 4.69) is 49.2 Å². The molecule has 0 aliphatic heterocycles. The zero-order valence-electron chi connectivity index (χ0n) is 11.9. The van der Waals surface area contributed by atoms with E-state index in [0.29, 0.717) is 0 Å². The second-order valence-corrected chi connectivity index (χ2v) is 5.45. The molecule has 1 aromatic carbocycles. The van der Waals surface area contributed by atoms with Crippen molar-refractivity contribution < 1.29 is 0 Å². The molecule has 0 fully saturated rings. The van der Waals surface area contributed by atoms with E-state index in [1.807, 2.05) is 31.0 Å². The van der Waals surface area contributed by atoms with Gasteiger partial charge in [-0.2, -0.15) is 0 Å². The van der Waals surface area contributed by atoms with E-state index in [1.54, 1.807) is 6.08 Å². The molecule has 19 heavy (non-hydrogen) atoms. The number of unbranched alkanes of at least 4 members (excludes halogenated alkanes) is 1. The number of rotatable bonds is 8. The average molecular weight is 273 g/mol. The Morgan fingerprint density at radius 1 is 1.26 bits per heavy atom. The van der Waals surface area contributed by atoms with Crippen LogP contribution in [0.2, 0.25) is 0 Å². The molecule has 0 bridgehead atoms. The molecule has 0 aromatic heterocycles. The lowest BCUT2D eigenvalue weighted by Crippen LogP contribution is -2.14. The summed E-state index contributed by atoms with van der Waals surface area (Å²) in [7, 11) is 2.04. The Bertz CT molecular complexity index is 431. The van der Waals surface area contributed by atoms with E-state index in [4.69, 9.17) is 0 Å². The third kappa shape index (κ3) is 4.99. The predicted octanol–water partition coefficient (Wildman–Crippen LogP) is 5.27. The van der Waals surface area contributed by atoms with Crippen molar-refractivity contribution in [1.29, 1.82) is 0 Å². The van der Waals surface area contributed by atoms with Gasteiger partial charge in [-0.1, -0.05) is 32.6 Å². The summed E-state index contributed by atoms with van der Waals surface area (Å²) in [6.45, 7) is 9.78. The largest absolute Gasteiger partial charge is 0.345 e. The molecular formula is C17H23NS. The number of likely N-dealkylation sites (N-methyl/N-ethyl adjacent to an activating group) is 1. The number of allylic oxidation sites excluding steroid dienone is 3. The lowest BCUT2D eigenvalue weighted by atomic mass is 10.2. The van der Waals surface area contributed by atoms with Crippen LogP contribution in [0.3, 0.4) is 0 Å². The highest BCUT2D eigenvalue weighted by Gasteiger charge is 2.03. The standard InChI is InChI=1S/C17H23NS/c1-5-8-14-19-17-12-10-16(11-13-17)18(4)15(7-3)9-6-2/h6-7,9-13H,2-3,5,8,14H2,1,4H3/b15-9+. The van der Waals surface area contributed by atoms with Gasteiger partial charge in [-0.15, -0.1) is 11.8 Å². The van der Waals surface area contributed by atoms with Crippen LogP contribution in [0.1, 0.15) is 19.8 Å². The monoisotopic (exact) mass is 273 g/mol. The van der Waals surface area contributed by atoms with Gasteiger partial charge in [-0.05, 0) is 48.6 Å². The van der Waals surface area contributed by atoms with Crippen molar-refractivity contribution in [2.45, 2.75) is 24.7 Å². The van der Waals surface area contributed by atoms with Crippen LogP contribution in [-0.4, -0.2) is 12.8 Å². The van der Waals surface area contributed by atoms with Crippen molar-refractivity contribution in [2.24, 2.45) is 0 Å². The van der Waals surface area contributed by atoms with Gasteiger partial charge in [0.05, 0.1) is 0 Å². The smallest absolute Gasteiger partial charge is 0.0408 e. The molecule has 0 spiro atoms. The third-order valence-corrected chi connectivity index (χ3v) is 3.97. The molecule has 102 valence electrons. The zero-order valence-corrected chi connectivity index (χ0v) is 12.7. The minimum absolute atomic E-state index is 1.04.